The first-order valence-electron chi connectivity index (χ1n) is 5.93. The number of likely N-dealkylation sites (tertiary alicyclic amines) is 1. The lowest BCUT2D eigenvalue weighted by Crippen LogP contribution is -2.35. The predicted octanol–water partition coefficient (Wildman–Crippen LogP) is 2.55. The number of nitrogens with zero attached hydrogens (tertiary/aromatic N) is 1. The molecule has 0 saturated carbocycles. The Morgan fingerprint density at radius 2 is 2.35 bits per heavy atom. The van der Waals surface area contributed by atoms with Gasteiger partial charge in [-0.15, -0.1) is 0 Å². The van der Waals surface area contributed by atoms with Gasteiger partial charge < -0.3 is 10.0 Å². The largest absolute Gasteiger partial charge is 0.507 e. The molecule has 1 saturated heterocycles. The summed E-state index contributed by atoms with van der Waals surface area (Å²) in [4.78, 5) is 13.8. The van der Waals surface area contributed by atoms with Gasteiger partial charge in [0.2, 0.25) is 0 Å². The zero-order chi connectivity index (χ0) is 12.4. The van der Waals surface area contributed by atoms with E-state index in [1.165, 1.54) is 18.2 Å². The van der Waals surface area contributed by atoms with Crippen LogP contribution in [0.1, 0.15) is 36.5 Å². The van der Waals surface area contributed by atoms with Crippen LogP contribution in [-0.4, -0.2) is 28.5 Å². The van der Waals surface area contributed by atoms with Gasteiger partial charge in [-0.2, -0.15) is 0 Å². The fourth-order valence-electron chi connectivity index (χ4n) is 2.40. The number of carbonyl (C=O) groups is 1. The third-order valence-corrected chi connectivity index (χ3v) is 3.31. The highest BCUT2D eigenvalue weighted by atomic mass is 19.1. The summed E-state index contributed by atoms with van der Waals surface area (Å²) < 4.78 is 13.6. The topological polar surface area (TPSA) is 40.5 Å². The van der Waals surface area contributed by atoms with Gasteiger partial charge in [-0.05, 0) is 31.4 Å². The highest BCUT2D eigenvalue weighted by Crippen LogP contribution is 2.27. The molecule has 17 heavy (non-hydrogen) atoms. The maximum atomic E-state index is 13.6. The molecule has 1 aromatic carbocycles. The van der Waals surface area contributed by atoms with E-state index in [-0.39, 0.29) is 17.4 Å². The van der Waals surface area contributed by atoms with Crippen molar-refractivity contribution < 1.29 is 14.3 Å². The zero-order valence-electron chi connectivity index (χ0n) is 9.82. The lowest BCUT2D eigenvalue weighted by Gasteiger charge is -2.24. The first-order chi connectivity index (χ1) is 8.15. The molecule has 0 bridgehead atoms. The number of benzene rings is 1. The van der Waals surface area contributed by atoms with Crippen LogP contribution in [0, 0.1) is 5.82 Å². The van der Waals surface area contributed by atoms with E-state index in [1.54, 1.807) is 4.90 Å². The van der Waals surface area contributed by atoms with Gasteiger partial charge in [-0.3, -0.25) is 4.79 Å². The van der Waals surface area contributed by atoms with Crippen molar-refractivity contribution in [1.29, 1.82) is 0 Å². The quantitative estimate of drug-likeness (QED) is 0.858. The number of hydrogen-bond donors (Lipinski definition) is 1. The SMILES string of the molecule is CCC1CCCN1C(=O)c1c(O)cccc1F. The molecular weight excluding hydrogens is 221 g/mol. The molecule has 1 aromatic rings. The van der Waals surface area contributed by atoms with Crippen molar-refractivity contribution >= 4 is 5.91 Å². The van der Waals surface area contributed by atoms with Crippen molar-refractivity contribution in [2.24, 2.45) is 0 Å². The molecule has 1 aliphatic rings. The predicted molar refractivity (Wildman–Crippen MR) is 62.4 cm³/mol. The summed E-state index contributed by atoms with van der Waals surface area (Å²) in [5.41, 5.74) is -0.201. The third-order valence-electron chi connectivity index (χ3n) is 3.31. The van der Waals surface area contributed by atoms with Gasteiger partial charge in [0.15, 0.2) is 0 Å². The van der Waals surface area contributed by atoms with Crippen LogP contribution in [0.15, 0.2) is 18.2 Å². The lowest BCUT2D eigenvalue weighted by molar-refractivity contribution is 0.0725. The molecule has 0 spiro atoms. The Labute approximate surface area is 99.9 Å². The summed E-state index contributed by atoms with van der Waals surface area (Å²) in [6, 6.07) is 4.10. The summed E-state index contributed by atoms with van der Waals surface area (Å²) in [6.45, 7) is 2.66. The minimum atomic E-state index is -0.656. The fraction of sp³-hybridized carbons (Fsp3) is 0.462. The molecule has 0 aromatic heterocycles. The average molecular weight is 237 g/mol. The van der Waals surface area contributed by atoms with Gasteiger partial charge in [0.05, 0.1) is 0 Å². The molecule has 1 heterocycles. The van der Waals surface area contributed by atoms with Crippen molar-refractivity contribution in [3.63, 3.8) is 0 Å². The summed E-state index contributed by atoms with van der Waals surface area (Å²) in [5, 5.41) is 9.59. The number of hydrogen-bond acceptors (Lipinski definition) is 2. The van der Waals surface area contributed by atoms with Crippen molar-refractivity contribution in [2.75, 3.05) is 6.54 Å². The van der Waals surface area contributed by atoms with Gasteiger partial charge in [0, 0.05) is 12.6 Å². The Kier molecular flexibility index (Phi) is 3.31. The van der Waals surface area contributed by atoms with E-state index in [2.05, 4.69) is 0 Å². The second kappa shape index (κ2) is 4.73. The van der Waals surface area contributed by atoms with Crippen molar-refractivity contribution in [3.05, 3.63) is 29.6 Å². The van der Waals surface area contributed by atoms with Crippen LogP contribution in [0.25, 0.3) is 0 Å². The monoisotopic (exact) mass is 237 g/mol. The van der Waals surface area contributed by atoms with E-state index in [0.29, 0.717) is 6.54 Å². The molecule has 92 valence electrons. The van der Waals surface area contributed by atoms with Crippen molar-refractivity contribution in [2.45, 2.75) is 32.2 Å². The Morgan fingerprint density at radius 1 is 1.59 bits per heavy atom. The normalized spacial score (nSPS) is 19.6. The summed E-state index contributed by atoms with van der Waals surface area (Å²) in [7, 11) is 0. The Morgan fingerprint density at radius 3 is 3.00 bits per heavy atom. The number of aromatic hydroxyl groups is 1. The van der Waals surface area contributed by atoms with Gasteiger partial charge in [0.1, 0.15) is 17.1 Å². The third kappa shape index (κ3) is 2.12. The minimum Gasteiger partial charge on any atom is -0.507 e. The zero-order valence-corrected chi connectivity index (χ0v) is 9.82. The fourth-order valence-corrected chi connectivity index (χ4v) is 2.40. The van der Waals surface area contributed by atoms with E-state index >= 15 is 0 Å². The molecule has 3 nitrogen and oxygen atoms in total. The Bertz CT molecular complexity index is 413. The van der Waals surface area contributed by atoms with Crippen LogP contribution in [0.3, 0.4) is 0 Å². The van der Waals surface area contributed by atoms with Crippen LogP contribution in [0.2, 0.25) is 0 Å². The summed E-state index contributed by atoms with van der Waals surface area (Å²) in [5.74, 6) is -1.33. The Balaban J connectivity index is 2.31. The second-order valence-electron chi connectivity index (χ2n) is 4.34. The van der Waals surface area contributed by atoms with Crippen LogP contribution in [-0.2, 0) is 0 Å². The maximum Gasteiger partial charge on any atom is 0.260 e. The highest BCUT2D eigenvalue weighted by Gasteiger charge is 2.30. The van der Waals surface area contributed by atoms with E-state index in [9.17, 15) is 14.3 Å². The Hall–Kier alpha value is -1.58. The van der Waals surface area contributed by atoms with Gasteiger partial charge in [0.25, 0.3) is 5.91 Å². The summed E-state index contributed by atoms with van der Waals surface area (Å²) in [6.07, 6.45) is 2.76. The molecule has 2 rings (SSSR count). The minimum absolute atomic E-state index is 0.168. The standard InChI is InChI=1S/C13H16FNO2/c1-2-9-5-4-8-15(9)13(17)12-10(14)6-3-7-11(12)16/h3,6-7,9,16H,2,4-5,8H2,1H3. The number of phenolic OH excluding ortho intramolecular Hbond substituents is 1. The lowest BCUT2D eigenvalue weighted by atomic mass is 10.1. The van der Waals surface area contributed by atoms with E-state index in [1.807, 2.05) is 6.92 Å². The van der Waals surface area contributed by atoms with E-state index < -0.39 is 11.7 Å². The first-order valence-corrected chi connectivity index (χ1v) is 5.93. The van der Waals surface area contributed by atoms with E-state index in [0.717, 1.165) is 19.3 Å². The summed E-state index contributed by atoms with van der Waals surface area (Å²) >= 11 is 0. The number of phenols is 1. The van der Waals surface area contributed by atoms with Gasteiger partial charge in [-0.1, -0.05) is 13.0 Å². The molecule has 1 unspecified atom stereocenters. The molecule has 0 radical (unpaired) electrons. The van der Waals surface area contributed by atoms with Gasteiger partial charge in [-0.25, -0.2) is 4.39 Å². The number of rotatable bonds is 2. The first kappa shape index (κ1) is 11.9. The number of halogens is 1. The average Bonchev–Trinajstić information content (AvgIpc) is 2.76. The van der Waals surface area contributed by atoms with Crippen LogP contribution < -0.4 is 0 Å². The van der Waals surface area contributed by atoms with Crippen molar-refractivity contribution in [3.8, 4) is 5.75 Å². The molecule has 1 fully saturated rings. The highest BCUT2D eigenvalue weighted by molar-refractivity contribution is 5.97. The van der Waals surface area contributed by atoms with Gasteiger partial charge >= 0.3 is 0 Å². The molecule has 0 aliphatic carbocycles. The number of carbonyl (C=O) groups excluding carboxylic acids is 1. The number of amides is 1. The van der Waals surface area contributed by atoms with Crippen LogP contribution >= 0.6 is 0 Å². The molecule has 1 N–H and O–H groups in total. The molecular formula is C13H16FNO2. The van der Waals surface area contributed by atoms with Crippen molar-refractivity contribution in [1.82, 2.24) is 4.90 Å². The second-order valence-corrected chi connectivity index (χ2v) is 4.34. The smallest absolute Gasteiger partial charge is 0.260 e. The molecule has 1 amide bonds. The maximum absolute atomic E-state index is 13.6. The van der Waals surface area contributed by atoms with E-state index in [4.69, 9.17) is 0 Å². The molecule has 1 atom stereocenters. The van der Waals surface area contributed by atoms with Crippen LogP contribution in [0.4, 0.5) is 4.39 Å². The molecule has 4 heteroatoms. The molecule has 1 aliphatic heterocycles. The van der Waals surface area contributed by atoms with Crippen LogP contribution in [0.5, 0.6) is 5.75 Å².